The minimum atomic E-state index is -0.319. The van der Waals surface area contributed by atoms with Crippen LogP contribution < -0.4 is 5.73 Å². The average molecular weight is 287 g/mol. The van der Waals surface area contributed by atoms with Gasteiger partial charge in [0.25, 0.3) is 0 Å². The molecular weight excluding hydrogens is 263 g/mol. The molecule has 0 heterocycles. The molecule has 0 saturated heterocycles. The molecule has 0 radical (unpaired) electrons. The number of hydrogen-bond acceptors (Lipinski definition) is 2. The maximum atomic E-state index is 13.4. The molecule has 0 aliphatic heterocycles. The molecule has 2 atom stereocenters. The lowest BCUT2D eigenvalue weighted by molar-refractivity contribution is 0.0844. The van der Waals surface area contributed by atoms with Gasteiger partial charge in [-0.05, 0) is 50.2 Å². The van der Waals surface area contributed by atoms with E-state index in [4.69, 9.17) is 17.3 Å². The molecule has 0 amide bonds. The lowest BCUT2D eigenvalue weighted by Crippen LogP contribution is -2.53. The van der Waals surface area contributed by atoms with Crippen molar-refractivity contribution in [2.45, 2.75) is 45.7 Å². The van der Waals surface area contributed by atoms with Gasteiger partial charge in [-0.25, -0.2) is 4.39 Å². The summed E-state index contributed by atoms with van der Waals surface area (Å²) in [7, 11) is 0. The van der Waals surface area contributed by atoms with Gasteiger partial charge in [-0.15, -0.1) is 0 Å². The third-order valence-electron chi connectivity index (χ3n) is 4.16. The van der Waals surface area contributed by atoms with Crippen LogP contribution in [0, 0.1) is 5.82 Å². The Morgan fingerprint density at radius 3 is 2.37 bits per heavy atom. The van der Waals surface area contributed by atoms with Crippen LogP contribution in [0.15, 0.2) is 18.2 Å². The first-order chi connectivity index (χ1) is 8.90. The molecule has 2 N–H and O–H groups in total. The molecule has 4 heteroatoms. The number of benzene rings is 1. The number of likely N-dealkylation sites (N-methyl/N-ethyl adjacent to an activating group) is 1. The number of hydrogen-bond donors (Lipinski definition) is 1. The third kappa shape index (κ3) is 3.28. The Morgan fingerprint density at radius 2 is 1.89 bits per heavy atom. The van der Waals surface area contributed by atoms with Gasteiger partial charge in [0.15, 0.2) is 0 Å². The van der Waals surface area contributed by atoms with Gasteiger partial charge in [0.2, 0.25) is 0 Å². The maximum absolute atomic E-state index is 13.4. The molecule has 2 unspecified atom stereocenters. The number of rotatable bonds is 6. The lowest BCUT2D eigenvalue weighted by atomic mass is 9.83. The van der Waals surface area contributed by atoms with Gasteiger partial charge in [-0.1, -0.05) is 32.4 Å². The van der Waals surface area contributed by atoms with Gasteiger partial charge in [-0.3, -0.25) is 4.90 Å². The highest BCUT2D eigenvalue weighted by Gasteiger charge is 2.36. The molecule has 0 aliphatic carbocycles. The van der Waals surface area contributed by atoms with Crippen LogP contribution in [0.5, 0.6) is 0 Å². The first-order valence-electron chi connectivity index (χ1n) is 6.86. The molecular formula is C15H24ClFN2. The summed E-state index contributed by atoms with van der Waals surface area (Å²) in [5.74, 6) is -0.298. The molecule has 0 fully saturated rings. The van der Waals surface area contributed by atoms with E-state index >= 15 is 0 Å². The Bertz CT molecular complexity index is 421. The zero-order valence-corrected chi connectivity index (χ0v) is 13.0. The Kier molecular flexibility index (Phi) is 5.78. The van der Waals surface area contributed by atoms with E-state index < -0.39 is 0 Å². The Labute approximate surface area is 120 Å². The molecule has 1 rings (SSSR count). The summed E-state index contributed by atoms with van der Waals surface area (Å²) in [6, 6.07) is 4.06. The van der Waals surface area contributed by atoms with Gasteiger partial charge in [-0.2, -0.15) is 0 Å². The molecule has 1 aromatic carbocycles. The fourth-order valence-electron chi connectivity index (χ4n) is 2.67. The zero-order chi connectivity index (χ0) is 14.6. The van der Waals surface area contributed by atoms with E-state index in [-0.39, 0.29) is 17.4 Å². The highest BCUT2D eigenvalue weighted by molar-refractivity contribution is 6.31. The van der Waals surface area contributed by atoms with Crippen molar-refractivity contribution in [2.75, 3.05) is 13.1 Å². The van der Waals surface area contributed by atoms with Crippen LogP contribution in [-0.2, 0) is 0 Å². The number of nitrogens with two attached hydrogens (primary N) is 1. The molecule has 108 valence electrons. The number of nitrogens with zero attached hydrogens (tertiary/aromatic N) is 1. The average Bonchev–Trinajstić information content (AvgIpc) is 2.41. The second-order valence-corrected chi connectivity index (χ2v) is 5.43. The summed E-state index contributed by atoms with van der Waals surface area (Å²) in [4.78, 5) is 2.30. The number of halogens is 2. The predicted molar refractivity (Wildman–Crippen MR) is 80.0 cm³/mol. The minimum Gasteiger partial charge on any atom is -0.322 e. The first kappa shape index (κ1) is 16.4. The minimum absolute atomic E-state index is 0.235. The topological polar surface area (TPSA) is 29.3 Å². The largest absolute Gasteiger partial charge is 0.322 e. The maximum Gasteiger partial charge on any atom is 0.123 e. The van der Waals surface area contributed by atoms with Gasteiger partial charge in [0, 0.05) is 16.6 Å². The Balaban J connectivity index is 3.20. The summed E-state index contributed by atoms with van der Waals surface area (Å²) in [6.07, 6.45) is 0.878. The van der Waals surface area contributed by atoms with Crippen molar-refractivity contribution in [1.82, 2.24) is 4.90 Å². The van der Waals surface area contributed by atoms with E-state index in [1.54, 1.807) is 6.07 Å². The molecule has 19 heavy (non-hydrogen) atoms. The molecule has 0 saturated carbocycles. The van der Waals surface area contributed by atoms with Gasteiger partial charge in [0.1, 0.15) is 5.82 Å². The molecule has 2 nitrogen and oxygen atoms in total. The van der Waals surface area contributed by atoms with Crippen LogP contribution in [0.4, 0.5) is 4.39 Å². The van der Waals surface area contributed by atoms with E-state index in [1.165, 1.54) is 12.1 Å². The van der Waals surface area contributed by atoms with Crippen molar-refractivity contribution in [2.24, 2.45) is 5.73 Å². The van der Waals surface area contributed by atoms with Crippen LogP contribution in [-0.4, -0.2) is 23.5 Å². The summed E-state index contributed by atoms with van der Waals surface area (Å²) < 4.78 is 13.4. The van der Waals surface area contributed by atoms with Crippen LogP contribution in [0.3, 0.4) is 0 Å². The fraction of sp³-hybridized carbons (Fsp3) is 0.600. The van der Waals surface area contributed by atoms with Crippen molar-refractivity contribution in [3.63, 3.8) is 0 Å². The lowest BCUT2D eigenvalue weighted by Gasteiger charge is -2.44. The van der Waals surface area contributed by atoms with Crippen LogP contribution >= 0.6 is 11.6 Å². The second kappa shape index (κ2) is 6.69. The van der Waals surface area contributed by atoms with E-state index in [0.717, 1.165) is 19.5 Å². The third-order valence-corrected chi connectivity index (χ3v) is 4.51. The van der Waals surface area contributed by atoms with Crippen LogP contribution in [0.1, 0.15) is 45.7 Å². The highest BCUT2D eigenvalue weighted by atomic mass is 35.5. The van der Waals surface area contributed by atoms with Crippen molar-refractivity contribution >= 4 is 11.6 Å². The summed E-state index contributed by atoms with van der Waals surface area (Å²) in [6.45, 7) is 10.2. The molecule has 0 bridgehead atoms. The van der Waals surface area contributed by atoms with Crippen molar-refractivity contribution in [3.8, 4) is 0 Å². The summed E-state index contributed by atoms with van der Waals surface area (Å²) in [5, 5.41) is 0.528. The molecule has 0 aromatic heterocycles. The normalized spacial score (nSPS) is 16.4. The molecule has 1 aromatic rings. The molecule has 0 aliphatic rings. The van der Waals surface area contributed by atoms with Gasteiger partial charge >= 0.3 is 0 Å². The Hall–Kier alpha value is -0.640. The second-order valence-electron chi connectivity index (χ2n) is 5.03. The zero-order valence-electron chi connectivity index (χ0n) is 12.2. The summed E-state index contributed by atoms with van der Waals surface area (Å²) in [5.41, 5.74) is 6.86. The van der Waals surface area contributed by atoms with E-state index in [2.05, 4.69) is 32.6 Å². The van der Waals surface area contributed by atoms with Gasteiger partial charge < -0.3 is 5.73 Å². The van der Waals surface area contributed by atoms with E-state index in [9.17, 15) is 4.39 Å². The van der Waals surface area contributed by atoms with Crippen LogP contribution in [0.2, 0.25) is 5.02 Å². The highest BCUT2D eigenvalue weighted by Crippen LogP contribution is 2.35. The standard InChI is InChI=1S/C15H24ClFN2/c1-5-15(4,19(6-2)7-3)14(18)12-10-11(17)8-9-13(12)16/h8-10,14H,5-7,18H2,1-4H3. The van der Waals surface area contributed by atoms with Crippen molar-refractivity contribution < 1.29 is 4.39 Å². The first-order valence-corrected chi connectivity index (χ1v) is 7.24. The quantitative estimate of drug-likeness (QED) is 0.857. The Morgan fingerprint density at radius 1 is 1.32 bits per heavy atom. The SMILES string of the molecule is CCN(CC)C(C)(CC)C(N)c1cc(F)ccc1Cl. The predicted octanol–water partition coefficient (Wildman–Crippen LogP) is 3.99. The van der Waals surface area contributed by atoms with E-state index in [1.807, 2.05) is 0 Å². The van der Waals surface area contributed by atoms with Crippen LogP contribution in [0.25, 0.3) is 0 Å². The van der Waals surface area contributed by atoms with Crippen molar-refractivity contribution in [1.29, 1.82) is 0 Å². The summed E-state index contributed by atoms with van der Waals surface area (Å²) >= 11 is 6.18. The van der Waals surface area contributed by atoms with E-state index in [0.29, 0.717) is 10.6 Å². The van der Waals surface area contributed by atoms with Crippen molar-refractivity contribution in [3.05, 3.63) is 34.6 Å². The molecule has 0 spiro atoms. The monoisotopic (exact) mass is 286 g/mol. The fourth-order valence-corrected chi connectivity index (χ4v) is 2.91. The van der Waals surface area contributed by atoms with Gasteiger partial charge in [0.05, 0.1) is 0 Å². The smallest absolute Gasteiger partial charge is 0.123 e.